The van der Waals surface area contributed by atoms with E-state index in [0.717, 1.165) is 12.6 Å². The van der Waals surface area contributed by atoms with Gasteiger partial charge in [-0.3, -0.25) is 10.1 Å². The Balaban J connectivity index is 2.14. The summed E-state index contributed by atoms with van der Waals surface area (Å²) >= 11 is 0. The van der Waals surface area contributed by atoms with E-state index < -0.39 is 10.7 Å². The van der Waals surface area contributed by atoms with Gasteiger partial charge in [-0.1, -0.05) is 12.8 Å². The van der Waals surface area contributed by atoms with E-state index in [4.69, 9.17) is 0 Å². The van der Waals surface area contributed by atoms with Crippen molar-refractivity contribution >= 4 is 11.4 Å². The van der Waals surface area contributed by atoms with E-state index >= 15 is 0 Å². The zero-order chi connectivity index (χ0) is 13.1. The van der Waals surface area contributed by atoms with Gasteiger partial charge in [-0.15, -0.1) is 0 Å². The van der Waals surface area contributed by atoms with Crippen molar-refractivity contribution in [3.05, 3.63) is 33.6 Å². The summed E-state index contributed by atoms with van der Waals surface area (Å²) in [4.78, 5) is 10.3. The summed E-state index contributed by atoms with van der Waals surface area (Å²) in [6.45, 7) is 2.34. The number of nitrogens with one attached hydrogen (secondary N) is 1. The van der Waals surface area contributed by atoms with Gasteiger partial charge in [-0.25, -0.2) is 4.39 Å². The average Bonchev–Trinajstić information content (AvgIpc) is 2.83. The minimum Gasteiger partial charge on any atom is -0.379 e. The lowest BCUT2D eigenvalue weighted by molar-refractivity contribution is -0.384. The highest BCUT2D eigenvalue weighted by atomic mass is 19.1. The van der Waals surface area contributed by atoms with Crippen molar-refractivity contribution in [1.29, 1.82) is 0 Å². The SMILES string of the molecule is Cc1cc(NCC2CCCC2)c([N+](=O)[O-])cc1F. The molecule has 1 aliphatic carbocycles. The molecule has 0 saturated heterocycles. The minimum atomic E-state index is -0.542. The summed E-state index contributed by atoms with van der Waals surface area (Å²) in [5, 5.41) is 14.0. The maximum absolute atomic E-state index is 13.3. The van der Waals surface area contributed by atoms with Crippen LogP contribution in [0.2, 0.25) is 0 Å². The number of halogens is 1. The molecule has 0 atom stereocenters. The Morgan fingerprint density at radius 1 is 1.44 bits per heavy atom. The molecule has 1 aromatic carbocycles. The molecule has 0 heterocycles. The van der Waals surface area contributed by atoms with Crippen molar-refractivity contribution in [2.45, 2.75) is 32.6 Å². The van der Waals surface area contributed by atoms with E-state index in [9.17, 15) is 14.5 Å². The molecular weight excluding hydrogens is 235 g/mol. The first-order valence-electron chi connectivity index (χ1n) is 6.26. The van der Waals surface area contributed by atoms with Gasteiger partial charge in [-0.2, -0.15) is 0 Å². The smallest absolute Gasteiger partial charge is 0.295 e. The number of rotatable bonds is 4. The van der Waals surface area contributed by atoms with E-state index in [1.54, 1.807) is 6.92 Å². The zero-order valence-electron chi connectivity index (χ0n) is 10.4. The largest absolute Gasteiger partial charge is 0.379 e. The Kier molecular flexibility index (Phi) is 3.79. The highest BCUT2D eigenvalue weighted by molar-refractivity contribution is 5.63. The normalized spacial score (nSPS) is 15.9. The molecule has 0 amide bonds. The molecule has 1 saturated carbocycles. The number of aryl methyl sites for hydroxylation is 1. The van der Waals surface area contributed by atoms with Crippen LogP contribution in [0, 0.1) is 28.8 Å². The molecule has 2 rings (SSSR count). The number of nitro groups is 1. The molecule has 4 nitrogen and oxygen atoms in total. The summed E-state index contributed by atoms with van der Waals surface area (Å²) in [5.74, 6) is 0.0445. The summed E-state index contributed by atoms with van der Waals surface area (Å²) < 4.78 is 13.3. The number of hydrogen-bond donors (Lipinski definition) is 1. The second-order valence-electron chi connectivity index (χ2n) is 4.91. The second-order valence-corrected chi connectivity index (χ2v) is 4.91. The third-order valence-corrected chi connectivity index (χ3v) is 3.53. The third-order valence-electron chi connectivity index (χ3n) is 3.53. The van der Waals surface area contributed by atoms with Crippen LogP contribution in [0.1, 0.15) is 31.2 Å². The lowest BCUT2D eigenvalue weighted by atomic mass is 10.1. The van der Waals surface area contributed by atoms with Crippen LogP contribution in [0.4, 0.5) is 15.8 Å². The van der Waals surface area contributed by atoms with Crippen LogP contribution in [0.15, 0.2) is 12.1 Å². The van der Waals surface area contributed by atoms with Crippen molar-refractivity contribution in [3.8, 4) is 0 Å². The summed E-state index contributed by atoms with van der Waals surface area (Å²) in [5.41, 5.74) is 0.663. The van der Waals surface area contributed by atoms with Gasteiger partial charge in [0.25, 0.3) is 5.69 Å². The fourth-order valence-electron chi connectivity index (χ4n) is 2.43. The van der Waals surface area contributed by atoms with Crippen molar-refractivity contribution < 1.29 is 9.31 Å². The van der Waals surface area contributed by atoms with Crippen LogP contribution in [-0.4, -0.2) is 11.5 Å². The molecule has 0 unspecified atom stereocenters. The molecule has 1 aliphatic rings. The first-order valence-corrected chi connectivity index (χ1v) is 6.26. The molecule has 0 aromatic heterocycles. The molecule has 1 N–H and O–H groups in total. The summed E-state index contributed by atoms with van der Waals surface area (Å²) in [6.07, 6.45) is 4.80. The van der Waals surface area contributed by atoms with E-state index in [2.05, 4.69) is 5.32 Å². The number of anilines is 1. The Morgan fingerprint density at radius 3 is 2.72 bits per heavy atom. The first-order chi connectivity index (χ1) is 8.58. The molecule has 0 aliphatic heterocycles. The molecule has 0 bridgehead atoms. The molecule has 0 spiro atoms. The van der Waals surface area contributed by atoms with Crippen molar-refractivity contribution in [1.82, 2.24) is 0 Å². The molecule has 18 heavy (non-hydrogen) atoms. The lowest BCUT2D eigenvalue weighted by Gasteiger charge is -2.12. The van der Waals surface area contributed by atoms with Gasteiger partial charge in [0, 0.05) is 6.54 Å². The zero-order valence-corrected chi connectivity index (χ0v) is 10.4. The van der Waals surface area contributed by atoms with E-state index in [1.165, 1.54) is 31.7 Å². The summed E-state index contributed by atoms with van der Waals surface area (Å²) in [6, 6.07) is 2.51. The van der Waals surface area contributed by atoms with Crippen LogP contribution in [-0.2, 0) is 0 Å². The quantitative estimate of drug-likeness (QED) is 0.657. The van der Waals surface area contributed by atoms with E-state index in [0.29, 0.717) is 17.2 Å². The van der Waals surface area contributed by atoms with Gasteiger partial charge in [0.15, 0.2) is 0 Å². The maximum atomic E-state index is 13.3. The van der Waals surface area contributed by atoms with Gasteiger partial charge in [0.1, 0.15) is 11.5 Å². The van der Waals surface area contributed by atoms with Crippen LogP contribution < -0.4 is 5.32 Å². The van der Waals surface area contributed by atoms with Gasteiger partial charge in [0.05, 0.1) is 11.0 Å². The molecule has 0 radical (unpaired) electrons. The number of nitrogens with zero attached hydrogens (tertiary/aromatic N) is 1. The standard InChI is InChI=1S/C13H17FN2O2/c1-9-6-12(13(16(17)18)7-11(9)14)15-8-10-4-2-3-5-10/h6-7,10,15H,2-5,8H2,1H3. The molecule has 1 fully saturated rings. The minimum absolute atomic E-state index is 0.184. The lowest BCUT2D eigenvalue weighted by Crippen LogP contribution is -2.12. The van der Waals surface area contributed by atoms with Crippen LogP contribution in [0.25, 0.3) is 0 Å². The van der Waals surface area contributed by atoms with E-state index in [1.807, 2.05) is 0 Å². The highest BCUT2D eigenvalue weighted by Gasteiger charge is 2.19. The Bertz CT molecular complexity index is 457. The molecular formula is C13H17FN2O2. The number of hydrogen-bond acceptors (Lipinski definition) is 3. The topological polar surface area (TPSA) is 55.2 Å². The number of nitro benzene ring substituents is 1. The average molecular weight is 252 g/mol. The molecule has 1 aromatic rings. The predicted octanol–water partition coefficient (Wildman–Crippen LogP) is 3.64. The van der Waals surface area contributed by atoms with Gasteiger partial charge < -0.3 is 5.32 Å². The van der Waals surface area contributed by atoms with Crippen LogP contribution in [0.5, 0.6) is 0 Å². The molecule has 98 valence electrons. The van der Waals surface area contributed by atoms with Crippen molar-refractivity contribution in [2.24, 2.45) is 5.92 Å². The van der Waals surface area contributed by atoms with Crippen molar-refractivity contribution in [3.63, 3.8) is 0 Å². The van der Waals surface area contributed by atoms with Crippen LogP contribution >= 0.6 is 0 Å². The molecule has 5 heteroatoms. The first kappa shape index (κ1) is 12.8. The monoisotopic (exact) mass is 252 g/mol. The van der Waals surface area contributed by atoms with Crippen molar-refractivity contribution in [2.75, 3.05) is 11.9 Å². The maximum Gasteiger partial charge on any atom is 0.295 e. The van der Waals surface area contributed by atoms with Crippen LogP contribution in [0.3, 0.4) is 0 Å². The number of benzene rings is 1. The van der Waals surface area contributed by atoms with Gasteiger partial charge >= 0.3 is 0 Å². The third kappa shape index (κ3) is 2.78. The Hall–Kier alpha value is -1.65. The Labute approximate surface area is 105 Å². The fraction of sp³-hybridized carbons (Fsp3) is 0.538. The highest BCUT2D eigenvalue weighted by Crippen LogP contribution is 2.30. The fourth-order valence-corrected chi connectivity index (χ4v) is 2.43. The van der Waals surface area contributed by atoms with E-state index in [-0.39, 0.29) is 5.69 Å². The summed E-state index contributed by atoms with van der Waals surface area (Å²) in [7, 11) is 0. The Morgan fingerprint density at radius 2 is 2.11 bits per heavy atom. The predicted molar refractivity (Wildman–Crippen MR) is 68.2 cm³/mol. The van der Waals surface area contributed by atoms with Gasteiger partial charge in [-0.05, 0) is 37.3 Å². The van der Waals surface area contributed by atoms with Gasteiger partial charge in [0.2, 0.25) is 0 Å². The second kappa shape index (κ2) is 5.33.